The van der Waals surface area contributed by atoms with Crippen LogP contribution >= 0.6 is 11.8 Å². The largest absolute Gasteiger partial charge is 0.309 e. The van der Waals surface area contributed by atoms with E-state index >= 15 is 0 Å². The van der Waals surface area contributed by atoms with Crippen molar-refractivity contribution in [2.24, 2.45) is 0 Å². The minimum Gasteiger partial charge on any atom is -0.309 e. The van der Waals surface area contributed by atoms with Crippen LogP contribution in [0.15, 0.2) is 65.7 Å². The number of aryl methyl sites for hydroxylation is 1. The average Bonchev–Trinajstić information content (AvgIpc) is 2.66. The molecule has 0 saturated heterocycles. The summed E-state index contributed by atoms with van der Waals surface area (Å²) < 4.78 is 0. The van der Waals surface area contributed by atoms with Gasteiger partial charge in [-0.15, -0.1) is 11.8 Å². The summed E-state index contributed by atoms with van der Waals surface area (Å²) in [6, 6.07) is 18.6. The third-order valence-corrected chi connectivity index (χ3v) is 5.81. The Morgan fingerprint density at radius 2 is 1.96 bits per heavy atom. The lowest BCUT2D eigenvalue weighted by Crippen LogP contribution is -2.43. The summed E-state index contributed by atoms with van der Waals surface area (Å²) in [5.74, 6) is 0.609. The standard InChI is InChI=1S/C21H20N2OS/c1-15-10-11-16-6-2-5-9-19(16)23(15)21(24)14-25-20-12-13-22-18-8-4-3-7-17(18)20/h2-9,12-13,15H,10-11,14H2,1H3. The first-order chi connectivity index (χ1) is 12.2. The van der Waals surface area contributed by atoms with Gasteiger partial charge in [0.25, 0.3) is 0 Å². The van der Waals surface area contributed by atoms with Crippen LogP contribution in [0.5, 0.6) is 0 Å². The molecular weight excluding hydrogens is 328 g/mol. The molecule has 1 atom stereocenters. The van der Waals surface area contributed by atoms with E-state index in [0.29, 0.717) is 5.75 Å². The van der Waals surface area contributed by atoms with Gasteiger partial charge in [-0.05, 0) is 43.5 Å². The molecule has 1 unspecified atom stereocenters. The van der Waals surface area contributed by atoms with Gasteiger partial charge in [0.05, 0.1) is 11.3 Å². The van der Waals surface area contributed by atoms with Crippen LogP contribution in [0.2, 0.25) is 0 Å². The number of hydrogen-bond donors (Lipinski definition) is 0. The number of fused-ring (bicyclic) bond motifs is 2. The van der Waals surface area contributed by atoms with Gasteiger partial charge in [-0.1, -0.05) is 36.4 Å². The molecule has 3 nitrogen and oxygen atoms in total. The lowest BCUT2D eigenvalue weighted by atomic mass is 9.97. The van der Waals surface area contributed by atoms with Gasteiger partial charge in [0.1, 0.15) is 0 Å². The second-order valence-electron chi connectivity index (χ2n) is 6.40. The number of benzene rings is 2. The van der Waals surface area contributed by atoms with Gasteiger partial charge in [0.15, 0.2) is 0 Å². The summed E-state index contributed by atoms with van der Waals surface area (Å²) in [5.41, 5.74) is 3.32. The highest BCUT2D eigenvalue weighted by atomic mass is 32.2. The second kappa shape index (κ2) is 6.89. The fraction of sp³-hybridized carbons (Fsp3) is 0.238. The minimum atomic E-state index is 0.172. The maximum atomic E-state index is 13.0. The number of carbonyl (C=O) groups is 1. The Labute approximate surface area is 152 Å². The van der Waals surface area contributed by atoms with Crippen LogP contribution in [0.1, 0.15) is 18.9 Å². The maximum Gasteiger partial charge on any atom is 0.237 e. The van der Waals surface area contributed by atoms with Crippen molar-refractivity contribution in [1.29, 1.82) is 0 Å². The summed E-state index contributed by atoms with van der Waals surface area (Å²) >= 11 is 1.60. The third-order valence-electron chi connectivity index (χ3n) is 4.75. The van der Waals surface area contributed by atoms with Crippen molar-refractivity contribution in [2.75, 3.05) is 10.7 Å². The molecular formula is C21H20N2OS. The van der Waals surface area contributed by atoms with Gasteiger partial charge in [0, 0.05) is 28.2 Å². The number of hydrogen-bond acceptors (Lipinski definition) is 3. The maximum absolute atomic E-state index is 13.0. The fourth-order valence-corrected chi connectivity index (χ4v) is 4.38. The van der Waals surface area contributed by atoms with Crippen molar-refractivity contribution in [2.45, 2.75) is 30.7 Å². The van der Waals surface area contributed by atoms with Gasteiger partial charge in [-0.2, -0.15) is 0 Å². The Bertz CT molecular complexity index is 919. The van der Waals surface area contributed by atoms with E-state index in [9.17, 15) is 4.79 Å². The van der Waals surface area contributed by atoms with Crippen LogP contribution in [-0.2, 0) is 11.2 Å². The molecule has 25 heavy (non-hydrogen) atoms. The molecule has 0 N–H and O–H groups in total. The quantitative estimate of drug-likeness (QED) is 0.644. The van der Waals surface area contributed by atoms with Gasteiger partial charge in [-0.25, -0.2) is 0 Å². The SMILES string of the molecule is CC1CCc2ccccc2N1C(=O)CSc1ccnc2ccccc12. The van der Waals surface area contributed by atoms with Gasteiger partial charge in [0.2, 0.25) is 5.91 Å². The van der Waals surface area contributed by atoms with Crippen LogP contribution in [0.25, 0.3) is 10.9 Å². The first kappa shape index (κ1) is 16.2. The van der Waals surface area contributed by atoms with Crippen LogP contribution in [0.4, 0.5) is 5.69 Å². The molecule has 1 amide bonds. The molecule has 2 heterocycles. The molecule has 0 spiro atoms. The summed E-state index contributed by atoms with van der Waals surface area (Å²) in [6.45, 7) is 2.14. The van der Waals surface area contributed by atoms with Crippen molar-refractivity contribution >= 4 is 34.3 Å². The minimum absolute atomic E-state index is 0.172. The number of thioether (sulfide) groups is 1. The van der Waals surface area contributed by atoms with Gasteiger partial charge < -0.3 is 4.90 Å². The number of pyridine rings is 1. The Morgan fingerprint density at radius 1 is 1.16 bits per heavy atom. The van der Waals surface area contributed by atoms with E-state index in [2.05, 4.69) is 36.2 Å². The number of aromatic nitrogens is 1. The highest BCUT2D eigenvalue weighted by Gasteiger charge is 2.27. The zero-order chi connectivity index (χ0) is 17.2. The molecule has 1 aliphatic rings. The van der Waals surface area contributed by atoms with Crippen LogP contribution < -0.4 is 4.90 Å². The Morgan fingerprint density at radius 3 is 2.88 bits per heavy atom. The highest BCUT2D eigenvalue weighted by Crippen LogP contribution is 2.32. The number of para-hydroxylation sites is 2. The summed E-state index contributed by atoms with van der Waals surface area (Å²) in [6.07, 6.45) is 3.88. The number of rotatable bonds is 3. The van der Waals surface area contributed by atoms with E-state index in [-0.39, 0.29) is 11.9 Å². The Hall–Kier alpha value is -2.33. The molecule has 126 valence electrons. The number of carbonyl (C=O) groups excluding carboxylic acids is 1. The molecule has 0 bridgehead atoms. The first-order valence-electron chi connectivity index (χ1n) is 8.60. The molecule has 0 fully saturated rings. The van der Waals surface area contributed by atoms with Crippen molar-refractivity contribution in [3.05, 3.63) is 66.4 Å². The van der Waals surface area contributed by atoms with E-state index < -0.39 is 0 Å². The second-order valence-corrected chi connectivity index (χ2v) is 7.41. The van der Waals surface area contributed by atoms with E-state index in [1.165, 1.54) is 5.56 Å². The summed E-state index contributed by atoms with van der Waals surface area (Å²) in [4.78, 5) is 20.5. The normalized spacial score (nSPS) is 16.7. The molecule has 2 aromatic carbocycles. The third kappa shape index (κ3) is 3.14. The Kier molecular flexibility index (Phi) is 4.45. The number of amides is 1. The van der Waals surface area contributed by atoms with E-state index in [0.717, 1.165) is 34.3 Å². The van der Waals surface area contributed by atoms with Crippen molar-refractivity contribution in [3.8, 4) is 0 Å². The van der Waals surface area contributed by atoms with Crippen LogP contribution in [-0.4, -0.2) is 22.7 Å². The zero-order valence-corrected chi connectivity index (χ0v) is 15.0. The topological polar surface area (TPSA) is 33.2 Å². The van der Waals surface area contributed by atoms with Crippen LogP contribution in [0, 0.1) is 0 Å². The fourth-order valence-electron chi connectivity index (χ4n) is 3.47. The van der Waals surface area contributed by atoms with Gasteiger partial charge >= 0.3 is 0 Å². The molecule has 4 rings (SSSR count). The lowest BCUT2D eigenvalue weighted by Gasteiger charge is -2.35. The van der Waals surface area contributed by atoms with Gasteiger partial charge in [-0.3, -0.25) is 9.78 Å². The molecule has 0 radical (unpaired) electrons. The van der Waals surface area contributed by atoms with Crippen molar-refractivity contribution < 1.29 is 4.79 Å². The summed E-state index contributed by atoms with van der Waals surface area (Å²) in [7, 11) is 0. The van der Waals surface area contributed by atoms with Crippen molar-refractivity contribution in [1.82, 2.24) is 4.98 Å². The number of nitrogens with zero attached hydrogens (tertiary/aromatic N) is 2. The number of anilines is 1. The molecule has 0 aliphatic carbocycles. The monoisotopic (exact) mass is 348 g/mol. The molecule has 0 saturated carbocycles. The lowest BCUT2D eigenvalue weighted by molar-refractivity contribution is -0.116. The predicted octanol–water partition coefficient (Wildman–Crippen LogP) is 4.69. The van der Waals surface area contributed by atoms with Crippen LogP contribution in [0.3, 0.4) is 0 Å². The highest BCUT2D eigenvalue weighted by molar-refractivity contribution is 8.00. The molecule has 1 aliphatic heterocycles. The van der Waals surface area contributed by atoms with Crippen molar-refractivity contribution in [3.63, 3.8) is 0 Å². The predicted molar refractivity (Wildman–Crippen MR) is 104 cm³/mol. The Balaban J connectivity index is 1.56. The average molecular weight is 348 g/mol. The molecule has 3 aromatic rings. The summed E-state index contributed by atoms with van der Waals surface area (Å²) in [5, 5.41) is 1.11. The van der Waals surface area contributed by atoms with E-state index in [1.54, 1.807) is 11.8 Å². The first-order valence-corrected chi connectivity index (χ1v) is 9.59. The molecule has 1 aromatic heterocycles. The smallest absolute Gasteiger partial charge is 0.237 e. The van der Waals surface area contributed by atoms with E-state index in [4.69, 9.17) is 0 Å². The molecule has 4 heteroatoms. The zero-order valence-electron chi connectivity index (χ0n) is 14.2. The van der Waals surface area contributed by atoms with E-state index in [1.807, 2.05) is 41.4 Å².